The molecular formula is C16H16BrNO5S. The maximum atomic E-state index is 12.4. The Labute approximate surface area is 149 Å². The number of carbonyl (C=O) groups excluding carboxylic acids is 1. The first-order valence-electron chi connectivity index (χ1n) is 7.06. The van der Waals surface area contributed by atoms with E-state index in [0.717, 1.165) is 0 Å². The molecule has 128 valence electrons. The van der Waals surface area contributed by atoms with Gasteiger partial charge in [0.05, 0.1) is 11.1 Å². The molecule has 2 aromatic rings. The first-order chi connectivity index (χ1) is 11.3. The summed E-state index contributed by atoms with van der Waals surface area (Å²) >= 11 is 3.30. The van der Waals surface area contributed by atoms with Crippen molar-refractivity contribution in [2.75, 3.05) is 11.9 Å². The zero-order chi connectivity index (χ0) is 17.7. The molecule has 1 amide bonds. The van der Waals surface area contributed by atoms with Crippen molar-refractivity contribution < 1.29 is 22.1 Å². The van der Waals surface area contributed by atoms with Crippen LogP contribution >= 0.6 is 15.9 Å². The summed E-state index contributed by atoms with van der Waals surface area (Å²) < 4.78 is 35.9. The molecule has 24 heavy (non-hydrogen) atoms. The summed E-state index contributed by atoms with van der Waals surface area (Å²) in [6.07, 6.45) is 0. The molecule has 0 aromatic heterocycles. The summed E-state index contributed by atoms with van der Waals surface area (Å²) in [6, 6.07) is 10.4. The molecule has 0 bridgehead atoms. The topological polar surface area (TPSA) is 81.7 Å². The van der Waals surface area contributed by atoms with Crippen LogP contribution in [0.3, 0.4) is 0 Å². The van der Waals surface area contributed by atoms with Gasteiger partial charge in [-0.1, -0.05) is 0 Å². The molecule has 0 aliphatic rings. The van der Waals surface area contributed by atoms with E-state index in [1.165, 1.54) is 31.2 Å². The van der Waals surface area contributed by atoms with Crippen LogP contribution in [0.2, 0.25) is 0 Å². The average Bonchev–Trinajstić information content (AvgIpc) is 2.51. The highest BCUT2D eigenvalue weighted by molar-refractivity contribution is 9.10. The molecule has 0 unspecified atom stereocenters. The number of halogens is 1. The van der Waals surface area contributed by atoms with Crippen LogP contribution in [0.5, 0.6) is 11.5 Å². The van der Waals surface area contributed by atoms with E-state index in [9.17, 15) is 13.2 Å². The summed E-state index contributed by atoms with van der Waals surface area (Å²) in [5.41, 5.74) is 0.550. The average molecular weight is 414 g/mol. The van der Waals surface area contributed by atoms with Crippen molar-refractivity contribution in [3.05, 3.63) is 46.9 Å². The summed E-state index contributed by atoms with van der Waals surface area (Å²) in [4.78, 5) is 11.0. The fourth-order valence-corrected chi connectivity index (χ4v) is 3.19. The smallest absolute Gasteiger partial charge is 0.339 e. The molecule has 0 fully saturated rings. The van der Waals surface area contributed by atoms with Crippen molar-refractivity contribution in [2.24, 2.45) is 0 Å². The van der Waals surface area contributed by atoms with Gasteiger partial charge in [0.1, 0.15) is 16.4 Å². The quantitative estimate of drug-likeness (QED) is 0.731. The van der Waals surface area contributed by atoms with E-state index in [-0.39, 0.29) is 16.6 Å². The second kappa shape index (κ2) is 7.67. The van der Waals surface area contributed by atoms with Gasteiger partial charge >= 0.3 is 10.1 Å². The SMILES string of the molecule is CCOc1cc(S(=O)(=O)Oc2ccc(NC(C)=O)cc2)ccc1Br. The van der Waals surface area contributed by atoms with E-state index >= 15 is 0 Å². The third-order valence-electron chi connectivity index (χ3n) is 2.87. The van der Waals surface area contributed by atoms with Crippen LogP contribution < -0.4 is 14.2 Å². The zero-order valence-electron chi connectivity index (χ0n) is 13.1. The minimum absolute atomic E-state index is 0.0138. The molecule has 0 atom stereocenters. The van der Waals surface area contributed by atoms with Gasteiger partial charge in [0.15, 0.2) is 0 Å². The Morgan fingerprint density at radius 2 is 1.83 bits per heavy atom. The fourth-order valence-electron chi connectivity index (χ4n) is 1.88. The van der Waals surface area contributed by atoms with Crippen LogP contribution in [0, 0.1) is 0 Å². The Hall–Kier alpha value is -2.06. The van der Waals surface area contributed by atoms with Gasteiger partial charge < -0.3 is 14.2 Å². The van der Waals surface area contributed by atoms with Gasteiger partial charge in [-0.3, -0.25) is 4.79 Å². The Morgan fingerprint density at radius 1 is 1.17 bits per heavy atom. The maximum absolute atomic E-state index is 12.4. The minimum atomic E-state index is -3.99. The molecule has 2 aromatic carbocycles. The van der Waals surface area contributed by atoms with Crippen molar-refractivity contribution >= 4 is 37.6 Å². The lowest BCUT2D eigenvalue weighted by Crippen LogP contribution is -2.10. The van der Waals surface area contributed by atoms with E-state index in [2.05, 4.69) is 21.2 Å². The number of ether oxygens (including phenoxy) is 1. The number of carbonyl (C=O) groups is 1. The van der Waals surface area contributed by atoms with Crippen LogP contribution in [0.4, 0.5) is 5.69 Å². The highest BCUT2D eigenvalue weighted by Gasteiger charge is 2.18. The molecule has 0 spiro atoms. The van der Waals surface area contributed by atoms with Gasteiger partial charge in [0, 0.05) is 18.7 Å². The first kappa shape index (κ1) is 18.3. The molecule has 0 saturated heterocycles. The molecular weight excluding hydrogens is 398 g/mol. The normalized spacial score (nSPS) is 11.0. The summed E-state index contributed by atoms with van der Waals surface area (Å²) in [7, 11) is -3.99. The molecule has 1 N–H and O–H groups in total. The predicted molar refractivity (Wildman–Crippen MR) is 93.9 cm³/mol. The lowest BCUT2D eigenvalue weighted by molar-refractivity contribution is -0.114. The molecule has 0 aliphatic heterocycles. The molecule has 8 heteroatoms. The van der Waals surface area contributed by atoms with Gasteiger partial charge in [-0.2, -0.15) is 8.42 Å². The lowest BCUT2D eigenvalue weighted by Gasteiger charge is -2.11. The number of amides is 1. The van der Waals surface area contributed by atoms with Gasteiger partial charge in [-0.15, -0.1) is 0 Å². The number of rotatable bonds is 6. The van der Waals surface area contributed by atoms with E-state index in [0.29, 0.717) is 22.5 Å². The number of hydrogen-bond donors (Lipinski definition) is 1. The van der Waals surface area contributed by atoms with Crippen molar-refractivity contribution in [3.8, 4) is 11.5 Å². The fraction of sp³-hybridized carbons (Fsp3) is 0.188. The standard InChI is InChI=1S/C16H16BrNO5S/c1-3-22-16-10-14(8-9-15(16)17)24(20,21)23-13-6-4-12(5-7-13)18-11(2)19/h4-10H,3H2,1-2H3,(H,18,19). The zero-order valence-corrected chi connectivity index (χ0v) is 15.5. The van der Waals surface area contributed by atoms with Crippen molar-refractivity contribution in [2.45, 2.75) is 18.7 Å². The molecule has 6 nitrogen and oxygen atoms in total. The first-order valence-corrected chi connectivity index (χ1v) is 9.26. The van der Waals surface area contributed by atoms with E-state index in [1.54, 1.807) is 25.1 Å². The second-order valence-corrected chi connectivity index (χ2v) is 7.17. The van der Waals surface area contributed by atoms with Gasteiger partial charge in [-0.25, -0.2) is 0 Å². The molecule has 0 heterocycles. The number of anilines is 1. The number of nitrogens with one attached hydrogen (secondary N) is 1. The van der Waals surface area contributed by atoms with E-state index in [1.807, 2.05) is 0 Å². The Bertz CT molecular complexity index is 834. The van der Waals surface area contributed by atoms with Crippen molar-refractivity contribution in [1.29, 1.82) is 0 Å². The van der Waals surface area contributed by atoms with Crippen LogP contribution in [0.25, 0.3) is 0 Å². The molecule has 0 aliphatic carbocycles. The van der Waals surface area contributed by atoms with E-state index in [4.69, 9.17) is 8.92 Å². The summed E-state index contributed by atoms with van der Waals surface area (Å²) in [6.45, 7) is 3.60. The van der Waals surface area contributed by atoms with Crippen LogP contribution in [-0.2, 0) is 14.9 Å². The Kier molecular flexibility index (Phi) is 5.84. The van der Waals surface area contributed by atoms with Crippen LogP contribution in [0.15, 0.2) is 51.8 Å². The monoisotopic (exact) mass is 413 g/mol. The largest absolute Gasteiger partial charge is 0.493 e. The lowest BCUT2D eigenvalue weighted by atomic mass is 10.3. The van der Waals surface area contributed by atoms with Crippen LogP contribution in [0.1, 0.15) is 13.8 Å². The third kappa shape index (κ3) is 4.72. The molecule has 0 saturated carbocycles. The van der Waals surface area contributed by atoms with Crippen LogP contribution in [-0.4, -0.2) is 20.9 Å². The van der Waals surface area contributed by atoms with Gasteiger partial charge in [0.2, 0.25) is 5.91 Å². The highest BCUT2D eigenvalue weighted by atomic mass is 79.9. The molecule has 0 radical (unpaired) electrons. The Morgan fingerprint density at radius 3 is 2.42 bits per heavy atom. The van der Waals surface area contributed by atoms with Gasteiger partial charge in [-0.05, 0) is 59.3 Å². The predicted octanol–water partition coefficient (Wildman–Crippen LogP) is 3.57. The maximum Gasteiger partial charge on any atom is 0.339 e. The van der Waals surface area contributed by atoms with Crippen molar-refractivity contribution in [3.63, 3.8) is 0 Å². The third-order valence-corrected chi connectivity index (χ3v) is 4.77. The highest BCUT2D eigenvalue weighted by Crippen LogP contribution is 2.29. The van der Waals surface area contributed by atoms with E-state index < -0.39 is 10.1 Å². The minimum Gasteiger partial charge on any atom is -0.493 e. The molecule has 2 rings (SSSR count). The van der Waals surface area contributed by atoms with Gasteiger partial charge in [0.25, 0.3) is 0 Å². The van der Waals surface area contributed by atoms with Crippen molar-refractivity contribution in [1.82, 2.24) is 0 Å². The number of hydrogen-bond acceptors (Lipinski definition) is 5. The Balaban J connectivity index is 2.22. The summed E-state index contributed by atoms with van der Waals surface area (Å²) in [5, 5.41) is 2.59. The number of benzene rings is 2. The second-order valence-electron chi connectivity index (χ2n) is 4.77. The summed E-state index contributed by atoms with van der Waals surface area (Å²) in [5.74, 6) is 0.350.